The number of hydrogen-bond acceptors (Lipinski definition) is 2. The molecule has 2 heteroatoms. The molecule has 0 amide bonds. The molecule has 0 fully saturated rings. The zero-order chi connectivity index (χ0) is 32.0. The fourth-order valence-electron chi connectivity index (χ4n) is 2.77. The molecule has 0 radical (unpaired) electrons. The average Bonchev–Trinajstić information content (AvgIpc) is 3.05. The Morgan fingerprint density at radius 1 is 0.667 bits per heavy atom. The van der Waals surface area contributed by atoms with Crippen LogP contribution in [0.5, 0.6) is 0 Å². The Balaban J connectivity index is 0. The van der Waals surface area contributed by atoms with E-state index in [1.165, 1.54) is 34.9 Å². The normalized spacial score (nSPS) is 8.21. The SMILES string of the molecule is C=C(C)c1ccccc1.C=CC.C=CC(=O)OC.C=Cc1cccc(C)c1C.C=Cc1ccccc1.c1ccccc1. The van der Waals surface area contributed by atoms with Gasteiger partial charge >= 0.3 is 5.97 Å². The number of benzene rings is 4. The Labute approximate surface area is 255 Å². The number of aryl methyl sites for hydroxylation is 1. The molecule has 0 N–H and O–H groups in total. The van der Waals surface area contributed by atoms with Crippen LogP contribution in [0.3, 0.4) is 0 Å². The third kappa shape index (κ3) is 21.9. The number of carbonyl (C=O) groups excluding carboxylic acids is 1. The molecule has 0 aliphatic heterocycles. The molecule has 42 heavy (non-hydrogen) atoms. The Bertz CT molecular complexity index is 1240. The van der Waals surface area contributed by atoms with Crippen LogP contribution in [0.4, 0.5) is 0 Å². The first-order chi connectivity index (χ1) is 20.2. The number of allylic oxidation sites excluding steroid dienone is 2. The number of hydrogen-bond donors (Lipinski definition) is 0. The van der Waals surface area contributed by atoms with E-state index in [0.717, 1.165) is 11.6 Å². The molecule has 0 spiro atoms. The zero-order valence-electron chi connectivity index (χ0n) is 26.1. The van der Waals surface area contributed by atoms with Crippen LogP contribution in [-0.4, -0.2) is 13.1 Å². The van der Waals surface area contributed by atoms with Crippen LogP contribution in [0.15, 0.2) is 160 Å². The average molecular weight is 561 g/mol. The Kier molecular flexibility index (Phi) is 25.8. The highest BCUT2D eigenvalue weighted by Crippen LogP contribution is 2.12. The van der Waals surface area contributed by atoms with E-state index in [0.29, 0.717) is 0 Å². The monoisotopic (exact) mass is 560 g/mol. The van der Waals surface area contributed by atoms with Gasteiger partial charge in [-0.3, -0.25) is 0 Å². The minimum atomic E-state index is -0.394. The lowest BCUT2D eigenvalue weighted by molar-refractivity contribution is -0.134. The second-order valence-electron chi connectivity index (χ2n) is 8.54. The molecular formula is C40H48O2. The first-order valence-electron chi connectivity index (χ1n) is 13.6. The highest BCUT2D eigenvalue weighted by molar-refractivity contribution is 5.80. The fourth-order valence-corrected chi connectivity index (χ4v) is 2.77. The molecule has 0 atom stereocenters. The highest BCUT2D eigenvalue weighted by atomic mass is 16.5. The summed E-state index contributed by atoms with van der Waals surface area (Å²) in [7, 11) is 1.31. The summed E-state index contributed by atoms with van der Waals surface area (Å²) in [6, 6.07) is 38.4. The highest BCUT2D eigenvalue weighted by Gasteiger charge is 1.94. The van der Waals surface area contributed by atoms with Crippen molar-refractivity contribution in [2.45, 2.75) is 27.7 Å². The summed E-state index contributed by atoms with van der Waals surface area (Å²) in [4.78, 5) is 9.84. The van der Waals surface area contributed by atoms with Gasteiger partial charge in [-0.2, -0.15) is 0 Å². The quantitative estimate of drug-likeness (QED) is 0.141. The molecule has 0 unspecified atom stereocenters. The standard InChI is InChI=1S/C10H12.C9H10.C8H8.C6H6.C4H6O2.C3H6/c1-4-10-7-5-6-8(2)9(10)3;1-8(2)9-6-4-3-5-7-9;1-2-8-6-4-3-5-7-8;1-2-4-6-5-3-1;1-3-4(5)6-2;1-3-2/h4-7H,1H2,2-3H3;3-7H,1H2,2H3;2-7H,1H2;1-6H;3H,1H2,2H3;3H,1H2,2H3. The van der Waals surface area contributed by atoms with Crippen LogP contribution in [0.25, 0.3) is 17.7 Å². The molecule has 220 valence electrons. The summed E-state index contributed by atoms with van der Waals surface area (Å²) in [5.41, 5.74) is 7.41. The topological polar surface area (TPSA) is 26.3 Å². The summed E-state index contributed by atoms with van der Waals surface area (Å²) in [5, 5.41) is 0. The summed E-state index contributed by atoms with van der Waals surface area (Å²) in [6.45, 7) is 25.8. The lowest BCUT2D eigenvalue weighted by Gasteiger charge is -2.01. The molecular weight excluding hydrogens is 512 g/mol. The second-order valence-corrected chi connectivity index (χ2v) is 8.54. The van der Waals surface area contributed by atoms with Gasteiger partial charge in [0.15, 0.2) is 0 Å². The lowest BCUT2D eigenvalue weighted by atomic mass is 10.0. The summed E-state index contributed by atoms with van der Waals surface area (Å²) in [6.07, 6.45) is 6.59. The van der Waals surface area contributed by atoms with Gasteiger partial charge in [-0.25, -0.2) is 4.79 Å². The zero-order valence-corrected chi connectivity index (χ0v) is 26.1. The van der Waals surface area contributed by atoms with Gasteiger partial charge in [0.1, 0.15) is 0 Å². The Morgan fingerprint density at radius 3 is 1.36 bits per heavy atom. The second kappa shape index (κ2) is 27.6. The van der Waals surface area contributed by atoms with Crippen molar-refractivity contribution in [2.24, 2.45) is 0 Å². The Hall–Kier alpha value is -4.95. The van der Waals surface area contributed by atoms with Crippen LogP contribution in [0.1, 0.15) is 41.7 Å². The maximum Gasteiger partial charge on any atom is 0.329 e. The number of rotatable bonds is 4. The summed E-state index contributed by atoms with van der Waals surface area (Å²) < 4.78 is 4.14. The van der Waals surface area contributed by atoms with Crippen molar-refractivity contribution in [1.82, 2.24) is 0 Å². The van der Waals surface area contributed by atoms with Crippen molar-refractivity contribution in [3.8, 4) is 0 Å². The van der Waals surface area contributed by atoms with E-state index >= 15 is 0 Å². The first-order valence-corrected chi connectivity index (χ1v) is 13.6. The smallest absolute Gasteiger partial charge is 0.329 e. The number of esters is 1. The fraction of sp³-hybridized carbons (Fsp3) is 0.125. The van der Waals surface area contributed by atoms with E-state index in [2.05, 4.69) is 81.8 Å². The first kappa shape index (κ1) is 39.2. The van der Waals surface area contributed by atoms with E-state index in [1.807, 2.05) is 111 Å². The molecule has 0 aliphatic rings. The van der Waals surface area contributed by atoms with E-state index in [9.17, 15) is 4.79 Å². The predicted octanol–water partition coefficient (Wildman–Crippen LogP) is 11.2. The van der Waals surface area contributed by atoms with Gasteiger partial charge in [-0.1, -0.05) is 165 Å². The molecule has 0 heterocycles. The molecule has 0 aromatic heterocycles. The predicted molar refractivity (Wildman–Crippen MR) is 188 cm³/mol. The van der Waals surface area contributed by atoms with Crippen LogP contribution in [0.2, 0.25) is 0 Å². The van der Waals surface area contributed by atoms with Crippen molar-refractivity contribution in [1.29, 1.82) is 0 Å². The van der Waals surface area contributed by atoms with Gasteiger partial charge in [0.2, 0.25) is 0 Å². The Morgan fingerprint density at radius 2 is 1.10 bits per heavy atom. The van der Waals surface area contributed by atoms with Crippen molar-refractivity contribution in [3.63, 3.8) is 0 Å². The van der Waals surface area contributed by atoms with Crippen LogP contribution in [-0.2, 0) is 9.53 Å². The minimum Gasteiger partial charge on any atom is -0.466 e. The van der Waals surface area contributed by atoms with Gasteiger partial charge in [-0.15, -0.1) is 6.58 Å². The number of methoxy groups -OCH3 is 1. The molecule has 0 saturated carbocycles. The van der Waals surface area contributed by atoms with Gasteiger partial charge in [0.05, 0.1) is 7.11 Å². The van der Waals surface area contributed by atoms with Gasteiger partial charge in [-0.05, 0) is 55.5 Å². The maximum absolute atomic E-state index is 9.84. The lowest BCUT2D eigenvalue weighted by Crippen LogP contribution is -1.91. The molecule has 0 aliphatic carbocycles. The molecule has 4 aromatic rings. The van der Waals surface area contributed by atoms with Crippen molar-refractivity contribution < 1.29 is 9.53 Å². The van der Waals surface area contributed by atoms with Gasteiger partial charge in [0.25, 0.3) is 0 Å². The number of ether oxygens (including phenoxy) is 1. The molecule has 4 rings (SSSR count). The van der Waals surface area contributed by atoms with Crippen LogP contribution in [0, 0.1) is 13.8 Å². The van der Waals surface area contributed by atoms with Gasteiger partial charge in [0, 0.05) is 6.08 Å². The van der Waals surface area contributed by atoms with E-state index in [4.69, 9.17) is 0 Å². The maximum atomic E-state index is 9.84. The van der Waals surface area contributed by atoms with Crippen molar-refractivity contribution >= 4 is 23.7 Å². The van der Waals surface area contributed by atoms with E-state index in [-0.39, 0.29) is 0 Å². The van der Waals surface area contributed by atoms with Crippen molar-refractivity contribution in [2.75, 3.05) is 7.11 Å². The van der Waals surface area contributed by atoms with Gasteiger partial charge < -0.3 is 4.74 Å². The van der Waals surface area contributed by atoms with E-state index < -0.39 is 5.97 Å². The largest absolute Gasteiger partial charge is 0.466 e. The number of carbonyl (C=O) groups is 1. The van der Waals surface area contributed by atoms with Crippen molar-refractivity contribution in [3.05, 3.63) is 188 Å². The molecule has 0 bridgehead atoms. The van der Waals surface area contributed by atoms with Crippen LogP contribution < -0.4 is 0 Å². The molecule has 0 saturated heterocycles. The third-order valence-corrected chi connectivity index (χ3v) is 5.20. The molecule has 2 nitrogen and oxygen atoms in total. The summed E-state index contributed by atoms with van der Waals surface area (Å²) >= 11 is 0. The third-order valence-electron chi connectivity index (χ3n) is 5.20. The summed E-state index contributed by atoms with van der Waals surface area (Å²) in [5.74, 6) is -0.394. The van der Waals surface area contributed by atoms with Crippen LogP contribution >= 0.6 is 0 Å². The molecule has 4 aromatic carbocycles. The minimum absolute atomic E-state index is 0.394. The van der Waals surface area contributed by atoms with E-state index in [1.54, 1.807) is 6.08 Å².